The highest BCUT2D eigenvalue weighted by molar-refractivity contribution is 7.20. The molecule has 124 valence electrons. The van der Waals surface area contributed by atoms with Gasteiger partial charge < -0.3 is 4.74 Å². The van der Waals surface area contributed by atoms with E-state index in [2.05, 4.69) is 4.98 Å². The minimum Gasteiger partial charge on any atom is -0.456 e. The summed E-state index contributed by atoms with van der Waals surface area (Å²) in [6, 6.07) is 9.67. The van der Waals surface area contributed by atoms with Gasteiger partial charge in [-0.25, -0.2) is 4.79 Å². The van der Waals surface area contributed by atoms with Crippen molar-refractivity contribution >= 4 is 39.0 Å². The van der Waals surface area contributed by atoms with Crippen LogP contribution in [-0.4, -0.2) is 16.6 Å². The van der Waals surface area contributed by atoms with Gasteiger partial charge in [0.05, 0.1) is 4.70 Å². The number of hydrogen-bond donors (Lipinski definition) is 0. The molecule has 0 atom stereocenters. The van der Waals surface area contributed by atoms with Gasteiger partial charge in [-0.05, 0) is 61.9 Å². The van der Waals surface area contributed by atoms with Crippen molar-refractivity contribution in [3.8, 4) is 0 Å². The number of ether oxygens (including phenoxy) is 1. The minimum absolute atomic E-state index is 0.291. The first kappa shape index (κ1) is 16.9. The van der Waals surface area contributed by atoms with Crippen molar-refractivity contribution in [2.45, 2.75) is 32.8 Å². The molecule has 0 aliphatic rings. The van der Waals surface area contributed by atoms with E-state index in [1.54, 1.807) is 6.20 Å². The van der Waals surface area contributed by atoms with E-state index in [9.17, 15) is 4.79 Å². The summed E-state index contributed by atoms with van der Waals surface area (Å²) < 4.78 is 6.45. The molecular formula is C19H18ClNO2S. The normalized spacial score (nSPS) is 11.7. The fourth-order valence-corrected chi connectivity index (χ4v) is 3.49. The zero-order valence-corrected chi connectivity index (χ0v) is 15.4. The second-order valence-corrected chi connectivity index (χ2v) is 8.15. The third-order valence-electron chi connectivity index (χ3n) is 3.44. The Kier molecular flexibility index (Phi) is 4.61. The maximum absolute atomic E-state index is 12.3. The van der Waals surface area contributed by atoms with Gasteiger partial charge in [-0.2, -0.15) is 0 Å². The fraction of sp³-hybridized carbons (Fsp3) is 0.263. The van der Waals surface area contributed by atoms with Crippen LogP contribution in [0.5, 0.6) is 0 Å². The maximum Gasteiger partial charge on any atom is 0.348 e. The van der Waals surface area contributed by atoms with Gasteiger partial charge in [0, 0.05) is 17.4 Å². The van der Waals surface area contributed by atoms with Crippen molar-refractivity contribution in [1.29, 1.82) is 0 Å². The first-order chi connectivity index (χ1) is 11.3. The van der Waals surface area contributed by atoms with Crippen molar-refractivity contribution in [2.24, 2.45) is 0 Å². The molecule has 0 unspecified atom stereocenters. The van der Waals surface area contributed by atoms with Crippen LogP contribution in [-0.2, 0) is 11.2 Å². The summed E-state index contributed by atoms with van der Waals surface area (Å²) in [6.45, 7) is 5.60. The average Bonchev–Trinajstić information content (AvgIpc) is 2.93. The van der Waals surface area contributed by atoms with Gasteiger partial charge in [-0.3, -0.25) is 4.98 Å². The standard InChI is InChI=1S/C19H18ClNO2S/c1-19(2,3)23-18(22)16-9-15-13(10-21-11-17(15)24-16)8-12-4-6-14(20)7-5-12/h4-7,9-11H,8H2,1-3H3. The number of fused-ring (bicyclic) bond motifs is 1. The third kappa shape index (κ3) is 3.94. The number of thiophene rings is 1. The van der Waals surface area contributed by atoms with E-state index >= 15 is 0 Å². The molecule has 3 aromatic rings. The van der Waals surface area contributed by atoms with Crippen LogP contribution < -0.4 is 0 Å². The molecule has 0 radical (unpaired) electrons. The first-order valence-corrected chi connectivity index (χ1v) is 8.85. The first-order valence-electron chi connectivity index (χ1n) is 7.66. The molecule has 2 heterocycles. The number of halogens is 1. The van der Waals surface area contributed by atoms with Crippen molar-refractivity contribution in [2.75, 3.05) is 0 Å². The summed E-state index contributed by atoms with van der Waals surface area (Å²) in [7, 11) is 0. The molecule has 0 N–H and O–H groups in total. The number of carbonyl (C=O) groups excluding carboxylic acids is 1. The number of esters is 1. The van der Waals surface area contributed by atoms with Crippen LogP contribution in [0.25, 0.3) is 10.1 Å². The molecule has 0 aliphatic carbocycles. The third-order valence-corrected chi connectivity index (χ3v) is 4.74. The Bertz CT molecular complexity index is 879. The van der Waals surface area contributed by atoms with Crippen molar-refractivity contribution in [3.05, 3.63) is 63.8 Å². The highest BCUT2D eigenvalue weighted by atomic mass is 35.5. The van der Waals surface area contributed by atoms with E-state index in [0.29, 0.717) is 4.88 Å². The summed E-state index contributed by atoms with van der Waals surface area (Å²) in [4.78, 5) is 17.2. The highest BCUT2D eigenvalue weighted by Gasteiger charge is 2.20. The lowest BCUT2D eigenvalue weighted by Gasteiger charge is -2.18. The van der Waals surface area contributed by atoms with E-state index in [1.807, 2.05) is 57.3 Å². The summed E-state index contributed by atoms with van der Waals surface area (Å²) in [5, 5.41) is 1.77. The molecule has 0 saturated carbocycles. The van der Waals surface area contributed by atoms with Gasteiger partial charge in [0.15, 0.2) is 0 Å². The maximum atomic E-state index is 12.3. The van der Waals surface area contributed by atoms with Crippen LogP contribution in [0.2, 0.25) is 5.02 Å². The lowest BCUT2D eigenvalue weighted by atomic mass is 10.0. The average molecular weight is 360 g/mol. The Hall–Kier alpha value is -1.91. The van der Waals surface area contributed by atoms with Crippen LogP contribution in [0.3, 0.4) is 0 Å². The molecule has 0 fully saturated rings. The Balaban J connectivity index is 1.92. The summed E-state index contributed by atoms with van der Waals surface area (Å²) in [5.74, 6) is -0.291. The van der Waals surface area contributed by atoms with Gasteiger partial charge in [0.25, 0.3) is 0 Å². The number of carbonyl (C=O) groups is 1. The van der Waals surface area contributed by atoms with E-state index in [-0.39, 0.29) is 5.97 Å². The highest BCUT2D eigenvalue weighted by Crippen LogP contribution is 2.30. The van der Waals surface area contributed by atoms with Gasteiger partial charge in [-0.15, -0.1) is 11.3 Å². The Morgan fingerprint density at radius 2 is 1.92 bits per heavy atom. The lowest BCUT2D eigenvalue weighted by molar-refractivity contribution is 0.00753. The summed E-state index contributed by atoms with van der Waals surface area (Å²) in [5.41, 5.74) is 1.73. The molecule has 5 heteroatoms. The van der Waals surface area contributed by atoms with Crippen LogP contribution >= 0.6 is 22.9 Å². The van der Waals surface area contributed by atoms with E-state index in [0.717, 1.165) is 32.7 Å². The molecule has 24 heavy (non-hydrogen) atoms. The predicted octanol–water partition coefficient (Wildman–Crippen LogP) is 5.50. The Morgan fingerprint density at radius 1 is 1.21 bits per heavy atom. The van der Waals surface area contributed by atoms with Crippen molar-refractivity contribution in [1.82, 2.24) is 4.98 Å². The van der Waals surface area contributed by atoms with Crippen molar-refractivity contribution in [3.63, 3.8) is 0 Å². The second kappa shape index (κ2) is 6.54. The van der Waals surface area contributed by atoms with E-state index in [1.165, 1.54) is 11.3 Å². The van der Waals surface area contributed by atoms with E-state index < -0.39 is 5.60 Å². The second-order valence-electron chi connectivity index (χ2n) is 6.63. The van der Waals surface area contributed by atoms with E-state index in [4.69, 9.17) is 16.3 Å². The SMILES string of the molecule is CC(C)(C)OC(=O)c1cc2c(Cc3ccc(Cl)cc3)cncc2s1. The molecule has 3 rings (SSSR count). The topological polar surface area (TPSA) is 39.2 Å². The zero-order valence-electron chi connectivity index (χ0n) is 13.8. The number of rotatable bonds is 3. The Labute approximate surface area is 150 Å². The predicted molar refractivity (Wildman–Crippen MR) is 99.0 cm³/mol. The number of hydrogen-bond acceptors (Lipinski definition) is 4. The van der Waals surface area contributed by atoms with Gasteiger partial charge in [-0.1, -0.05) is 23.7 Å². The molecule has 0 saturated heterocycles. The molecular weight excluding hydrogens is 342 g/mol. The van der Waals surface area contributed by atoms with Crippen LogP contribution in [0.15, 0.2) is 42.7 Å². The lowest BCUT2D eigenvalue weighted by Crippen LogP contribution is -2.23. The number of aromatic nitrogens is 1. The largest absolute Gasteiger partial charge is 0.456 e. The number of nitrogens with zero attached hydrogens (tertiary/aromatic N) is 1. The zero-order chi connectivity index (χ0) is 17.3. The quantitative estimate of drug-likeness (QED) is 0.580. The summed E-state index contributed by atoms with van der Waals surface area (Å²) >= 11 is 7.35. The molecule has 3 nitrogen and oxygen atoms in total. The smallest absolute Gasteiger partial charge is 0.348 e. The molecule has 0 spiro atoms. The van der Waals surface area contributed by atoms with Crippen LogP contribution in [0.4, 0.5) is 0 Å². The fourth-order valence-electron chi connectivity index (χ4n) is 2.41. The van der Waals surface area contributed by atoms with Gasteiger partial charge >= 0.3 is 5.97 Å². The molecule has 1 aromatic carbocycles. The van der Waals surface area contributed by atoms with Crippen LogP contribution in [0, 0.1) is 0 Å². The van der Waals surface area contributed by atoms with Crippen molar-refractivity contribution < 1.29 is 9.53 Å². The van der Waals surface area contributed by atoms with Gasteiger partial charge in [0.1, 0.15) is 10.5 Å². The minimum atomic E-state index is -0.502. The molecule has 0 aliphatic heterocycles. The Morgan fingerprint density at radius 3 is 2.58 bits per heavy atom. The number of benzene rings is 1. The van der Waals surface area contributed by atoms with Crippen LogP contribution in [0.1, 0.15) is 41.6 Å². The number of pyridine rings is 1. The molecule has 0 amide bonds. The summed E-state index contributed by atoms with van der Waals surface area (Å²) in [6.07, 6.45) is 4.38. The molecule has 2 aromatic heterocycles. The monoisotopic (exact) mass is 359 g/mol. The van der Waals surface area contributed by atoms with Gasteiger partial charge in [0.2, 0.25) is 0 Å². The molecule has 0 bridgehead atoms.